The summed E-state index contributed by atoms with van der Waals surface area (Å²) >= 11 is 0. The van der Waals surface area contributed by atoms with Gasteiger partial charge in [0, 0.05) is 42.2 Å². The number of benzene rings is 2. The lowest BCUT2D eigenvalue weighted by Crippen LogP contribution is -2.34. The van der Waals surface area contributed by atoms with Gasteiger partial charge in [-0.3, -0.25) is 4.99 Å². The molecule has 1 aliphatic heterocycles. The van der Waals surface area contributed by atoms with Crippen LogP contribution in [0.4, 0.5) is 13.2 Å². The van der Waals surface area contributed by atoms with Gasteiger partial charge in [0.05, 0.1) is 19.6 Å². The molecule has 12 heteroatoms. The molecule has 4 rings (SSSR count). The summed E-state index contributed by atoms with van der Waals surface area (Å²) in [7, 11) is 0. The molecule has 2 aromatic carbocycles. The van der Waals surface area contributed by atoms with E-state index in [4.69, 9.17) is 4.74 Å². The Bertz CT molecular complexity index is 1260. The van der Waals surface area contributed by atoms with Crippen molar-refractivity contribution < 1.29 is 37.3 Å². The van der Waals surface area contributed by atoms with Gasteiger partial charge in [-0.25, -0.2) is 19.4 Å². The van der Waals surface area contributed by atoms with Crippen molar-refractivity contribution in [3.05, 3.63) is 65.9 Å². The van der Waals surface area contributed by atoms with Crippen molar-refractivity contribution in [1.29, 1.82) is 0 Å². The van der Waals surface area contributed by atoms with Gasteiger partial charge in [-0.2, -0.15) is 13.2 Å². The standard InChI is InChI=1S/C25H25F3N4O5/c26-25(27,28)23(34)37-36-22(33)14-19(16-5-2-1-3-6-16)20-15-32-21-13-17(7-8-18(20)21)35-12-4-9-29-24-30-10-11-31-24/h1-3,5-8,13,15,19,32H,4,9-12,14H2,(H2,29,30,31). The first-order chi connectivity index (χ1) is 17.8. The third-order valence-corrected chi connectivity index (χ3v) is 5.63. The number of aliphatic imine (C=N–C) groups is 1. The Morgan fingerprint density at radius 2 is 1.92 bits per heavy atom. The number of rotatable bonds is 9. The summed E-state index contributed by atoms with van der Waals surface area (Å²) in [5, 5.41) is 7.13. The Morgan fingerprint density at radius 3 is 2.65 bits per heavy atom. The molecule has 0 bridgehead atoms. The zero-order valence-electron chi connectivity index (χ0n) is 19.6. The van der Waals surface area contributed by atoms with E-state index < -0.39 is 24.0 Å². The van der Waals surface area contributed by atoms with Crippen LogP contribution in [0.5, 0.6) is 5.75 Å². The van der Waals surface area contributed by atoms with Crippen molar-refractivity contribution in [2.75, 3.05) is 26.2 Å². The second-order valence-corrected chi connectivity index (χ2v) is 8.23. The Kier molecular flexibility index (Phi) is 8.16. The minimum Gasteiger partial charge on any atom is -0.493 e. The zero-order chi connectivity index (χ0) is 26.3. The molecule has 0 radical (unpaired) electrons. The van der Waals surface area contributed by atoms with Gasteiger partial charge in [0.25, 0.3) is 0 Å². The summed E-state index contributed by atoms with van der Waals surface area (Å²) in [5.74, 6) is -2.83. The number of H-pyrrole nitrogens is 1. The third-order valence-electron chi connectivity index (χ3n) is 5.63. The average molecular weight is 518 g/mol. The lowest BCUT2D eigenvalue weighted by molar-refractivity contribution is -0.285. The SMILES string of the molecule is O=C(CC(c1ccccc1)c1c[nH]c2cc(OCCCNC3=NCCN3)ccc12)OOC(=O)C(F)(F)F. The van der Waals surface area contributed by atoms with Crippen LogP contribution in [0.1, 0.15) is 29.9 Å². The number of guanidine groups is 1. The number of carbonyl (C=O) groups is 2. The predicted octanol–water partition coefficient (Wildman–Crippen LogP) is 3.57. The lowest BCUT2D eigenvalue weighted by atomic mass is 9.88. The normalized spacial score (nSPS) is 14.0. The first-order valence-corrected chi connectivity index (χ1v) is 11.6. The van der Waals surface area contributed by atoms with Crippen molar-refractivity contribution in [2.45, 2.75) is 24.9 Å². The maximum Gasteiger partial charge on any atom is 0.495 e. The number of nitrogens with one attached hydrogen (secondary N) is 3. The van der Waals surface area contributed by atoms with Crippen molar-refractivity contribution in [3.8, 4) is 5.75 Å². The van der Waals surface area contributed by atoms with Gasteiger partial charge in [-0.1, -0.05) is 30.3 Å². The first kappa shape index (κ1) is 25.9. The molecule has 1 aromatic heterocycles. The Labute approximate surface area is 209 Å². The number of hydrogen-bond acceptors (Lipinski definition) is 8. The summed E-state index contributed by atoms with van der Waals surface area (Å²) in [5.41, 5.74) is 2.21. The first-order valence-electron chi connectivity index (χ1n) is 11.6. The maximum absolute atomic E-state index is 12.3. The van der Waals surface area contributed by atoms with Crippen LogP contribution in [0.2, 0.25) is 0 Å². The fraction of sp³-hybridized carbons (Fsp3) is 0.320. The van der Waals surface area contributed by atoms with Gasteiger partial charge in [0.1, 0.15) is 5.75 Å². The maximum atomic E-state index is 12.3. The minimum atomic E-state index is -5.27. The van der Waals surface area contributed by atoms with Crippen molar-refractivity contribution in [1.82, 2.24) is 15.6 Å². The summed E-state index contributed by atoms with van der Waals surface area (Å²) < 4.78 is 42.9. The van der Waals surface area contributed by atoms with Crippen molar-refractivity contribution in [3.63, 3.8) is 0 Å². The van der Waals surface area contributed by atoms with E-state index in [0.717, 1.165) is 47.5 Å². The number of fused-ring (bicyclic) bond motifs is 1. The molecule has 9 nitrogen and oxygen atoms in total. The van der Waals surface area contributed by atoms with E-state index in [9.17, 15) is 22.8 Å². The molecule has 1 aliphatic rings. The fourth-order valence-corrected chi connectivity index (χ4v) is 3.92. The van der Waals surface area contributed by atoms with Gasteiger partial charge in [0.2, 0.25) is 0 Å². The number of nitrogens with zero attached hydrogens (tertiary/aromatic N) is 1. The van der Waals surface area contributed by atoms with Crippen molar-refractivity contribution >= 4 is 28.8 Å². The molecule has 37 heavy (non-hydrogen) atoms. The molecule has 0 spiro atoms. The third kappa shape index (κ3) is 6.93. The quantitative estimate of drug-likeness (QED) is 0.225. The molecule has 1 atom stereocenters. The summed E-state index contributed by atoms with van der Waals surface area (Å²) in [4.78, 5) is 38.4. The van der Waals surface area contributed by atoms with E-state index in [0.29, 0.717) is 18.9 Å². The molecule has 3 N–H and O–H groups in total. The van der Waals surface area contributed by atoms with Crippen LogP contribution in [0.25, 0.3) is 10.9 Å². The van der Waals surface area contributed by atoms with Crippen LogP contribution in [-0.4, -0.2) is 55.3 Å². The molecular weight excluding hydrogens is 493 g/mol. The summed E-state index contributed by atoms with van der Waals surface area (Å²) in [6.45, 7) is 2.83. The average Bonchev–Trinajstić information content (AvgIpc) is 3.55. The van der Waals surface area contributed by atoms with Gasteiger partial charge in [0.15, 0.2) is 5.96 Å². The van der Waals surface area contributed by atoms with E-state index in [1.54, 1.807) is 42.6 Å². The molecule has 2 heterocycles. The molecule has 0 saturated heterocycles. The zero-order valence-corrected chi connectivity index (χ0v) is 19.6. The minimum absolute atomic E-state index is 0.354. The molecule has 0 aliphatic carbocycles. The van der Waals surface area contributed by atoms with E-state index in [1.165, 1.54) is 0 Å². The van der Waals surface area contributed by atoms with E-state index in [2.05, 4.69) is 30.4 Å². The molecule has 1 unspecified atom stereocenters. The highest BCUT2D eigenvalue weighted by atomic mass is 19.4. The number of halogens is 3. The van der Waals surface area contributed by atoms with Crippen LogP contribution in [0, 0.1) is 0 Å². The highest BCUT2D eigenvalue weighted by Gasteiger charge is 2.43. The summed E-state index contributed by atoms with van der Waals surface area (Å²) in [6.07, 6.45) is -3.13. The molecule has 0 saturated carbocycles. The molecule has 196 valence electrons. The smallest absolute Gasteiger partial charge is 0.493 e. The van der Waals surface area contributed by atoms with Crippen LogP contribution < -0.4 is 15.4 Å². The number of ether oxygens (including phenoxy) is 1. The highest BCUT2D eigenvalue weighted by molar-refractivity contribution is 5.86. The Morgan fingerprint density at radius 1 is 1.11 bits per heavy atom. The van der Waals surface area contributed by atoms with Gasteiger partial charge < -0.3 is 20.4 Å². The second-order valence-electron chi connectivity index (χ2n) is 8.23. The molecule has 3 aromatic rings. The monoisotopic (exact) mass is 518 g/mol. The summed E-state index contributed by atoms with van der Waals surface area (Å²) in [6, 6.07) is 14.4. The molecule has 0 fully saturated rings. The number of hydrogen-bond donors (Lipinski definition) is 3. The Balaban J connectivity index is 1.42. The number of aromatic nitrogens is 1. The fourth-order valence-electron chi connectivity index (χ4n) is 3.92. The van der Waals surface area contributed by atoms with Gasteiger partial charge in [-0.15, -0.1) is 0 Å². The molecular formula is C25H25F3N4O5. The predicted molar refractivity (Wildman–Crippen MR) is 128 cm³/mol. The highest BCUT2D eigenvalue weighted by Crippen LogP contribution is 2.35. The van der Waals surface area contributed by atoms with Gasteiger partial charge >= 0.3 is 18.1 Å². The van der Waals surface area contributed by atoms with Gasteiger partial charge in [-0.05, 0) is 29.7 Å². The largest absolute Gasteiger partial charge is 0.495 e. The number of carbonyl (C=O) groups excluding carboxylic acids is 2. The van der Waals surface area contributed by atoms with Crippen molar-refractivity contribution in [2.24, 2.45) is 4.99 Å². The van der Waals surface area contributed by atoms with E-state index in [-0.39, 0.29) is 6.42 Å². The second kappa shape index (κ2) is 11.7. The van der Waals surface area contributed by atoms with Crippen LogP contribution >= 0.6 is 0 Å². The number of aromatic amines is 1. The van der Waals surface area contributed by atoms with Crippen LogP contribution in [-0.2, 0) is 19.4 Å². The van der Waals surface area contributed by atoms with E-state index in [1.807, 2.05) is 12.1 Å². The van der Waals surface area contributed by atoms with Crippen LogP contribution in [0.3, 0.4) is 0 Å². The van der Waals surface area contributed by atoms with E-state index >= 15 is 0 Å². The lowest BCUT2D eigenvalue weighted by Gasteiger charge is -2.16. The number of alkyl halides is 3. The topological polar surface area (TPSA) is 114 Å². The Hall–Kier alpha value is -4.22. The molecule has 0 amide bonds. The van der Waals surface area contributed by atoms with Crippen LogP contribution in [0.15, 0.2) is 59.7 Å².